The Bertz CT molecular complexity index is 376. The van der Waals surface area contributed by atoms with Gasteiger partial charge in [-0.1, -0.05) is 20.3 Å². The van der Waals surface area contributed by atoms with Crippen LogP contribution in [0.25, 0.3) is 0 Å². The van der Waals surface area contributed by atoms with Crippen LogP contribution < -0.4 is 10.6 Å². The molecule has 3 atom stereocenters. The van der Waals surface area contributed by atoms with Crippen molar-refractivity contribution in [1.82, 2.24) is 10.6 Å². The summed E-state index contributed by atoms with van der Waals surface area (Å²) in [5.41, 5.74) is 0.208. The highest BCUT2D eigenvalue weighted by molar-refractivity contribution is 5.80. The van der Waals surface area contributed by atoms with Crippen LogP contribution in [0.15, 0.2) is 4.99 Å². The van der Waals surface area contributed by atoms with Crippen molar-refractivity contribution in [1.29, 1.82) is 0 Å². The number of nitrogens with one attached hydrogen (secondary N) is 2. The van der Waals surface area contributed by atoms with Gasteiger partial charge in [-0.25, -0.2) is 0 Å². The van der Waals surface area contributed by atoms with E-state index in [-0.39, 0.29) is 5.41 Å². The van der Waals surface area contributed by atoms with Crippen molar-refractivity contribution in [2.45, 2.75) is 58.1 Å². The van der Waals surface area contributed by atoms with Crippen molar-refractivity contribution >= 4 is 5.96 Å². The highest BCUT2D eigenvalue weighted by Crippen LogP contribution is 2.51. The van der Waals surface area contributed by atoms with Gasteiger partial charge in [-0.2, -0.15) is 0 Å². The normalized spacial score (nSPS) is 36.5. The van der Waals surface area contributed by atoms with E-state index in [0.717, 1.165) is 25.0 Å². The quantitative estimate of drug-likeness (QED) is 0.615. The van der Waals surface area contributed by atoms with Crippen LogP contribution in [-0.2, 0) is 4.74 Å². The summed E-state index contributed by atoms with van der Waals surface area (Å²) in [5, 5.41) is 7.16. The molecule has 2 saturated carbocycles. The second kappa shape index (κ2) is 5.55. The van der Waals surface area contributed by atoms with Gasteiger partial charge in [0.15, 0.2) is 5.96 Å². The maximum absolute atomic E-state index is 5.96. The molecule has 4 heteroatoms. The number of fused-ring (bicyclic) bond motifs is 1. The van der Waals surface area contributed by atoms with Gasteiger partial charge in [0.1, 0.15) is 0 Å². The van der Waals surface area contributed by atoms with Crippen molar-refractivity contribution in [2.75, 3.05) is 20.2 Å². The zero-order valence-corrected chi connectivity index (χ0v) is 13.1. The molecule has 20 heavy (non-hydrogen) atoms. The Kier molecular flexibility index (Phi) is 3.93. The van der Waals surface area contributed by atoms with Crippen LogP contribution in [0.4, 0.5) is 0 Å². The van der Waals surface area contributed by atoms with Crippen molar-refractivity contribution in [3.05, 3.63) is 0 Å². The van der Waals surface area contributed by atoms with Gasteiger partial charge in [0.2, 0.25) is 0 Å². The molecule has 4 nitrogen and oxygen atoms in total. The van der Waals surface area contributed by atoms with E-state index in [1.165, 1.54) is 32.1 Å². The number of nitrogens with zero attached hydrogens (tertiary/aromatic N) is 1. The molecule has 3 aliphatic rings. The summed E-state index contributed by atoms with van der Waals surface area (Å²) in [6, 6.07) is 0.486. The molecule has 0 spiro atoms. The first-order valence-corrected chi connectivity index (χ1v) is 8.21. The van der Waals surface area contributed by atoms with Gasteiger partial charge >= 0.3 is 0 Å². The summed E-state index contributed by atoms with van der Waals surface area (Å²) in [7, 11) is 1.87. The first-order chi connectivity index (χ1) is 9.63. The first kappa shape index (κ1) is 14.2. The summed E-state index contributed by atoms with van der Waals surface area (Å²) in [4.78, 5) is 4.40. The van der Waals surface area contributed by atoms with Gasteiger partial charge in [-0.3, -0.25) is 4.99 Å². The molecule has 1 heterocycles. The molecule has 2 N–H and O–H groups in total. The standard InChI is InChI=1S/C16H29N3O/c1-16(2)13(12-8-5-9-20-14(12)16)19-15(17-3)18-10-11-6-4-7-11/h11-14H,4-10H2,1-3H3,(H2,17,18,19). The fourth-order valence-corrected chi connectivity index (χ4v) is 4.10. The summed E-state index contributed by atoms with van der Waals surface area (Å²) in [5.74, 6) is 2.48. The number of hydrogen-bond donors (Lipinski definition) is 2. The van der Waals surface area contributed by atoms with E-state index in [1.807, 2.05) is 7.05 Å². The SMILES string of the molecule is CN=C(NCC1CCC1)NC1C2CCCOC2C1(C)C. The maximum atomic E-state index is 5.96. The molecule has 0 radical (unpaired) electrons. The number of ether oxygens (including phenoxy) is 1. The van der Waals surface area contributed by atoms with Gasteiger partial charge in [0, 0.05) is 37.6 Å². The lowest BCUT2D eigenvalue weighted by atomic mass is 9.55. The molecular formula is C16H29N3O. The predicted molar refractivity (Wildman–Crippen MR) is 81.9 cm³/mol. The van der Waals surface area contributed by atoms with Gasteiger partial charge in [0.05, 0.1) is 6.10 Å². The van der Waals surface area contributed by atoms with Crippen LogP contribution in [0.3, 0.4) is 0 Å². The lowest BCUT2D eigenvalue weighted by Gasteiger charge is -2.60. The molecule has 0 aromatic carbocycles. The fraction of sp³-hybridized carbons (Fsp3) is 0.938. The zero-order chi connectivity index (χ0) is 14.2. The lowest BCUT2D eigenvalue weighted by Crippen LogP contribution is -2.71. The van der Waals surface area contributed by atoms with Crippen LogP contribution >= 0.6 is 0 Å². The molecule has 2 aliphatic carbocycles. The summed E-state index contributed by atoms with van der Waals surface area (Å²) < 4.78 is 5.96. The molecule has 3 unspecified atom stereocenters. The molecule has 0 bridgehead atoms. The highest BCUT2D eigenvalue weighted by Gasteiger charge is 2.58. The monoisotopic (exact) mass is 279 g/mol. The molecule has 1 aliphatic heterocycles. The Morgan fingerprint density at radius 1 is 1.25 bits per heavy atom. The van der Waals surface area contributed by atoms with E-state index < -0.39 is 0 Å². The van der Waals surface area contributed by atoms with Crippen LogP contribution in [0, 0.1) is 17.3 Å². The van der Waals surface area contributed by atoms with E-state index in [4.69, 9.17) is 4.74 Å². The van der Waals surface area contributed by atoms with Crippen LogP contribution in [-0.4, -0.2) is 38.3 Å². The van der Waals surface area contributed by atoms with Crippen molar-refractivity contribution in [3.8, 4) is 0 Å². The van der Waals surface area contributed by atoms with E-state index >= 15 is 0 Å². The number of hydrogen-bond acceptors (Lipinski definition) is 2. The van der Waals surface area contributed by atoms with Crippen LogP contribution in [0.1, 0.15) is 46.0 Å². The molecule has 0 aromatic heterocycles. The molecule has 0 aromatic rings. The van der Waals surface area contributed by atoms with Crippen molar-refractivity contribution in [3.63, 3.8) is 0 Å². The third kappa shape index (κ3) is 2.43. The Morgan fingerprint density at radius 3 is 2.70 bits per heavy atom. The second-order valence-electron chi connectivity index (χ2n) is 7.29. The highest BCUT2D eigenvalue weighted by atomic mass is 16.5. The van der Waals surface area contributed by atoms with E-state index in [1.54, 1.807) is 0 Å². The Morgan fingerprint density at radius 2 is 2.05 bits per heavy atom. The van der Waals surface area contributed by atoms with Crippen molar-refractivity contribution < 1.29 is 4.74 Å². The Labute approximate surface area is 122 Å². The predicted octanol–water partition coefficient (Wildman–Crippen LogP) is 2.16. The van der Waals surface area contributed by atoms with Crippen molar-refractivity contribution in [2.24, 2.45) is 22.2 Å². The lowest BCUT2D eigenvalue weighted by molar-refractivity contribution is -0.188. The third-order valence-corrected chi connectivity index (χ3v) is 5.63. The summed E-state index contributed by atoms with van der Waals surface area (Å²) in [6.07, 6.45) is 7.05. The zero-order valence-electron chi connectivity index (χ0n) is 13.1. The van der Waals surface area contributed by atoms with Gasteiger partial charge in [0.25, 0.3) is 0 Å². The van der Waals surface area contributed by atoms with Gasteiger partial charge < -0.3 is 15.4 Å². The minimum atomic E-state index is 0.208. The third-order valence-electron chi connectivity index (χ3n) is 5.63. The molecule has 1 saturated heterocycles. The average molecular weight is 279 g/mol. The maximum Gasteiger partial charge on any atom is 0.191 e. The summed E-state index contributed by atoms with van der Waals surface area (Å²) in [6.45, 7) is 6.64. The second-order valence-corrected chi connectivity index (χ2v) is 7.29. The van der Waals surface area contributed by atoms with E-state index in [0.29, 0.717) is 18.1 Å². The number of guanidine groups is 1. The Balaban J connectivity index is 1.55. The average Bonchev–Trinajstić information content (AvgIpc) is 2.40. The van der Waals surface area contributed by atoms with Crippen LogP contribution in [0.2, 0.25) is 0 Å². The Hall–Kier alpha value is -0.770. The van der Waals surface area contributed by atoms with Gasteiger partial charge in [-0.05, 0) is 31.6 Å². The summed E-state index contributed by atoms with van der Waals surface area (Å²) >= 11 is 0. The topological polar surface area (TPSA) is 45.7 Å². The molecule has 114 valence electrons. The largest absolute Gasteiger partial charge is 0.377 e. The molecular weight excluding hydrogens is 250 g/mol. The minimum Gasteiger partial charge on any atom is -0.377 e. The fourth-order valence-electron chi connectivity index (χ4n) is 4.10. The van der Waals surface area contributed by atoms with E-state index in [9.17, 15) is 0 Å². The molecule has 3 fully saturated rings. The van der Waals surface area contributed by atoms with E-state index in [2.05, 4.69) is 29.5 Å². The smallest absolute Gasteiger partial charge is 0.191 e. The first-order valence-electron chi connectivity index (χ1n) is 8.21. The molecule has 3 rings (SSSR count). The minimum absolute atomic E-state index is 0.208. The number of rotatable bonds is 3. The molecule has 0 amide bonds. The van der Waals surface area contributed by atoms with Crippen LogP contribution in [0.5, 0.6) is 0 Å². The van der Waals surface area contributed by atoms with Gasteiger partial charge in [-0.15, -0.1) is 0 Å². The number of aliphatic imine (C=N–C) groups is 1.